The molecule has 1 amide bonds. The van der Waals surface area contributed by atoms with Gasteiger partial charge in [-0.05, 0) is 18.1 Å². The summed E-state index contributed by atoms with van der Waals surface area (Å²) < 4.78 is 0. The van der Waals surface area contributed by atoms with E-state index in [1.54, 1.807) is 12.1 Å². The van der Waals surface area contributed by atoms with Crippen LogP contribution in [-0.2, 0) is 9.59 Å². The number of nitrogens with zero attached hydrogens (tertiary/aromatic N) is 1. The summed E-state index contributed by atoms with van der Waals surface area (Å²) in [5, 5.41) is 14.9. The van der Waals surface area contributed by atoms with Gasteiger partial charge in [0.1, 0.15) is 11.9 Å². The van der Waals surface area contributed by atoms with Gasteiger partial charge < -0.3 is 10.4 Å². The van der Waals surface area contributed by atoms with E-state index >= 15 is 0 Å². The highest BCUT2D eigenvalue weighted by atomic mass is 35.5. The predicted octanol–water partition coefficient (Wildman–Crippen LogP) is 1.76. The summed E-state index contributed by atoms with van der Waals surface area (Å²) in [6, 6.07) is 2.43. The first-order valence-electron chi connectivity index (χ1n) is 6.31. The lowest BCUT2D eigenvalue weighted by Crippen LogP contribution is -2.45. The summed E-state index contributed by atoms with van der Waals surface area (Å²) in [6.45, 7) is 3.63. The van der Waals surface area contributed by atoms with Crippen LogP contribution < -0.4 is 10.6 Å². The summed E-state index contributed by atoms with van der Waals surface area (Å²) in [5.74, 6) is -1.00. The minimum absolute atomic E-state index is 0.0612. The summed E-state index contributed by atoms with van der Waals surface area (Å²) >= 11 is 5.68. The van der Waals surface area contributed by atoms with Gasteiger partial charge >= 0.3 is 5.97 Å². The second-order valence-electron chi connectivity index (χ2n) is 4.49. The number of carboxylic acids is 1. The molecule has 0 aliphatic heterocycles. The first-order chi connectivity index (χ1) is 9.43. The van der Waals surface area contributed by atoms with Gasteiger partial charge in [0.25, 0.3) is 0 Å². The van der Waals surface area contributed by atoms with Crippen LogP contribution in [0, 0.1) is 5.92 Å². The van der Waals surface area contributed by atoms with E-state index in [1.165, 1.54) is 6.20 Å². The lowest BCUT2D eigenvalue weighted by Gasteiger charge is -2.19. The maximum absolute atomic E-state index is 11.7. The van der Waals surface area contributed by atoms with Crippen molar-refractivity contribution in [1.82, 2.24) is 10.3 Å². The highest BCUT2D eigenvalue weighted by Gasteiger charge is 2.23. The molecule has 0 spiro atoms. The third-order valence-electron chi connectivity index (χ3n) is 2.96. The van der Waals surface area contributed by atoms with Gasteiger partial charge in [-0.1, -0.05) is 31.9 Å². The molecule has 6 nitrogen and oxygen atoms in total. The molecule has 0 aliphatic rings. The summed E-state index contributed by atoms with van der Waals surface area (Å²) in [7, 11) is 0. The van der Waals surface area contributed by atoms with Crippen molar-refractivity contribution < 1.29 is 14.7 Å². The summed E-state index contributed by atoms with van der Waals surface area (Å²) in [5.41, 5.74) is 0. The number of aliphatic carboxylic acids is 1. The molecule has 0 radical (unpaired) electrons. The quantitative estimate of drug-likeness (QED) is 0.713. The lowest BCUT2D eigenvalue weighted by molar-refractivity contribution is -0.140. The van der Waals surface area contributed by atoms with E-state index in [2.05, 4.69) is 15.6 Å². The fourth-order valence-electron chi connectivity index (χ4n) is 1.61. The van der Waals surface area contributed by atoms with Gasteiger partial charge in [-0.25, -0.2) is 4.98 Å². The van der Waals surface area contributed by atoms with E-state index in [0.29, 0.717) is 17.3 Å². The van der Waals surface area contributed by atoms with Crippen LogP contribution >= 0.6 is 11.6 Å². The van der Waals surface area contributed by atoms with Gasteiger partial charge in [-0.15, -0.1) is 0 Å². The van der Waals surface area contributed by atoms with Crippen molar-refractivity contribution in [2.75, 3.05) is 11.9 Å². The highest BCUT2D eigenvalue weighted by Crippen LogP contribution is 2.10. The third kappa shape index (κ3) is 5.14. The molecule has 0 aromatic carbocycles. The second kappa shape index (κ2) is 7.81. The number of hydrogen-bond acceptors (Lipinski definition) is 4. The van der Waals surface area contributed by atoms with Crippen molar-refractivity contribution in [2.24, 2.45) is 5.92 Å². The maximum Gasteiger partial charge on any atom is 0.320 e. The zero-order valence-electron chi connectivity index (χ0n) is 11.4. The van der Waals surface area contributed by atoms with E-state index in [-0.39, 0.29) is 18.4 Å². The van der Waals surface area contributed by atoms with Gasteiger partial charge in [0.05, 0.1) is 11.6 Å². The third-order valence-corrected chi connectivity index (χ3v) is 3.18. The first-order valence-corrected chi connectivity index (χ1v) is 6.69. The number of carboxylic acid groups (broad SMARTS) is 1. The normalized spacial score (nSPS) is 13.6. The molecular weight excluding hydrogens is 282 g/mol. The number of nitrogens with one attached hydrogen (secondary N) is 2. The van der Waals surface area contributed by atoms with Crippen LogP contribution in [0.4, 0.5) is 5.82 Å². The van der Waals surface area contributed by atoms with E-state index in [9.17, 15) is 9.59 Å². The monoisotopic (exact) mass is 299 g/mol. The highest BCUT2D eigenvalue weighted by molar-refractivity contribution is 6.30. The van der Waals surface area contributed by atoms with Crippen molar-refractivity contribution >= 4 is 29.3 Å². The fourth-order valence-corrected chi connectivity index (χ4v) is 1.72. The average molecular weight is 300 g/mol. The van der Waals surface area contributed by atoms with E-state index < -0.39 is 12.0 Å². The first kappa shape index (κ1) is 16.4. The van der Waals surface area contributed by atoms with Crippen molar-refractivity contribution in [2.45, 2.75) is 26.3 Å². The van der Waals surface area contributed by atoms with Gasteiger partial charge in [-0.3, -0.25) is 14.9 Å². The van der Waals surface area contributed by atoms with Gasteiger partial charge in [0, 0.05) is 6.20 Å². The molecule has 2 atom stereocenters. The number of hydrogen-bond donors (Lipinski definition) is 3. The molecule has 1 aromatic heterocycles. The molecule has 0 fully saturated rings. The number of pyridine rings is 1. The summed E-state index contributed by atoms with van der Waals surface area (Å²) in [6.07, 6.45) is 2.13. The second-order valence-corrected chi connectivity index (χ2v) is 4.93. The smallest absolute Gasteiger partial charge is 0.320 e. The van der Waals surface area contributed by atoms with E-state index in [1.807, 2.05) is 13.8 Å². The van der Waals surface area contributed by atoms with Gasteiger partial charge in [0.2, 0.25) is 5.91 Å². The molecular formula is C13H18ClN3O3. The maximum atomic E-state index is 11.7. The van der Waals surface area contributed by atoms with Crippen molar-refractivity contribution in [3.05, 3.63) is 23.4 Å². The number of carbonyl (C=O) groups is 2. The molecule has 0 saturated carbocycles. The molecule has 1 heterocycles. The van der Waals surface area contributed by atoms with Crippen LogP contribution in [0.2, 0.25) is 5.02 Å². The SMILES string of the molecule is CC[C@H](C)[C@H](NCC(=O)Nc1ccc(Cl)cn1)C(=O)O. The lowest BCUT2D eigenvalue weighted by atomic mass is 9.99. The zero-order valence-corrected chi connectivity index (χ0v) is 12.1. The Morgan fingerprint density at radius 1 is 1.45 bits per heavy atom. The average Bonchev–Trinajstić information content (AvgIpc) is 2.41. The van der Waals surface area contributed by atoms with E-state index in [4.69, 9.17) is 16.7 Å². The molecule has 20 heavy (non-hydrogen) atoms. The Morgan fingerprint density at radius 2 is 2.15 bits per heavy atom. The van der Waals surface area contributed by atoms with E-state index in [0.717, 1.165) is 0 Å². The molecule has 7 heteroatoms. The van der Waals surface area contributed by atoms with Crippen LogP contribution in [-0.4, -0.2) is 34.6 Å². The molecule has 0 saturated heterocycles. The Labute approximate surface area is 122 Å². The topological polar surface area (TPSA) is 91.3 Å². The number of aromatic nitrogens is 1. The number of amides is 1. The molecule has 110 valence electrons. The minimum atomic E-state index is -0.961. The molecule has 0 aliphatic carbocycles. The largest absolute Gasteiger partial charge is 0.480 e. The predicted molar refractivity (Wildman–Crippen MR) is 76.8 cm³/mol. The number of halogens is 1. The fraction of sp³-hybridized carbons (Fsp3) is 0.462. The molecule has 0 bridgehead atoms. The minimum Gasteiger partial charge on any atom is -0.480 e. The Hall–Kier alpha value is -1.66. The van der Waals surface area contributed by atoms with Crippen LogP contribution in [0.25, 0.3) is 0 Å². The van der Waals surface area contributed by atoms with Crippen LogP contribution in [0.3, 0.4) is 0 Å². The number of carbonyl (C=O) groups excluding carboxylic acids is 1. The van der Waals surface area contributed by atoms with Crippen molar-refractivity contribution in [3.8, 4) is 0 Å². The molecule has 1 rings (SSSR count). The zero-order chi connectivity index (χ0) is 15.1. The van der Waals surface area contributed by atoms with Crippen molar-refractivity contribution in [1.29, 1.82) is 0 Å². The Kier molecular flexibility index (Phi) is 6.41. The molecule has 3 N–H and O–H groups in total. The molecule has 1 aromatic rings. The summed E-state index contributed by atoms with van der Waals surface area (Å²) in [4.78, 5) is 26.7. The Balaban J connectivity index is 2.49. The number of anilines is 1. The standard InChI is InChI=1S/C13H18ClN3O3/c1-3-8(2)12(13(19)20)16-7-11(18)17-10-5-4-9(14)6-15-10/h4-6,8,12,16H,3,7H2,1-2H3,(H,19,20)(H,15,17,18)/t8-,12-/m0/s1. The number of rotatable bonds is 7. The van der Waals surface area contributed by atoms with Crippen LogP contribution in [0.5, 0.6) is 0 Å². The van der Waals surface area contributed by atoms with Gasteiger partial charge in [-0.2, -0.15) is 0 Å². The van der Waals surface area contributed by atoms with Crippen LogP contribution in [0.15, 0.2) is 18.3 Å². The van der Waals surface area contributed by atoms with Crippen molar-refractivity contribution in [3.63, 3.8) is 0 Å². The molecule has 0 unspecified atom stereocenters. The Morgan fingerprint density at radius 3 is 2.65 bits per heavy atom. The van der Waals surface area contributed by atoms with Crippen LogP contribution in [0.1, 0.15) is 20.3 Å². The Bertz CT molecular complexity index is 464. The van der Waals surface area contributed by atoms with Gasteiger partial charge in [0.15, 0.2) is 0 Å².